The zero-order valence-corrected chi connectivity index (χ0v) is 12.3. The summed E-state index contributed by atoms with van der Waals surface area (Å²) in [6.07, 6.45) is 2.44. The molecule has 0 aliphatic carbocycles. The summed E-state index contributed by atoms with van der Waals surface area (Å²) < 4.78 is 5.74. The van der Waals surface area contributed by atoms with Gasteiger partial charge in [-0.3, -0.25) is 4.98 Å². The number of halogens is 2. The number of rotatable bonds is 4. The minimum absolute atomic E-state index is 0.371. The molecular formula is C14H14Cl2N2O. The molecule has 2 heterocycles. The van der Waals surface area contributed by atoms with E-state index in [0.717, 1.165) is 23.4 Å². The number of hydrogen-bond donors (Lipinski definition) is 0. The molecule has 2 rings (SSSR count). The summed E-state index contributed by atoms with van der Waals surface area (Å²) in [5.74, 6) is 1.43. The maximum absolute atomic E-state index is 6.12. The first-order valence-electron chi connectivity index (χ1n) is 5.98. The van der Waals surface area contributed by atoms with E-state index in [1.807, 2.05) is 26.0 Å². The van der Waals surface area contributed by atoms with Crippen molar-refractivity contribution in [2.75, 3.05) is 0 Å². The lowest BCUT2D eigenvalue weighted by Gasteiger charge is -2.10. The second-order valence-electron chi connectivity index (χ2n) is 4.12. The van der Waals surface area contributed by atoms with Crippen LogP contribution in [0.5, 0.6) is 11.6 Å². The Morgan fingerprint density at radius 1 is 1.32 bits per heavy atom. The van der Waals surface area contributed by atoms with E-state index in [9.17, 15) is 0 Å². The summed E-state index contributed by atoms with van der Waals surface area (Å²) in [4.78, 5) is 8.61. The van der Waals surface area contributed by atoms with Crippen molar-refractivity contribution in [3.63, 3.8) is 0 Å². The smallest absolute Gasteiger partial charge is 0.238 e. The van der Waals surface area contributed by atoms with Crippen molar-refractivity contribution in [2.24, 2.45) is 0 Å². The van der Waals surface area contributed by atoms with Crippen LogP contribution in [0.4, 0.5) is 0 Å². The molecule has 2 aromatic rings. The standard InChI is InChI=1S/C14H14Cl2N2O/c1-3-12-13(5-4-9(2)18-12)19-14-11(16)6-10(7-15)8-17-14/h4-6,8H,3,7H2,1-2H3. The normalized spacial score (nSPS) is 10.5. The highest BCUT2D eigenvalue weighted by Gasteiger charge is 2.10. The average molecular weight is 297 g/mol. The van der Waals surface area contributed by atoms with E-state index in [0.29, 0.717) is 22.5 Å². The molecule has 0 spiro atoms. The maximum atomic E-state index is 6.12. The summed E-state index contributed by atoms with van der Waals surface area (Å²) in [7, 11) is 0. The average Bonchev–Trinajstić information content (AvgIpc) is 2.42. The molecule has 0 N–H and O–H groups in total. The van der Waals surface area contributed by atoms with Crippen LogP contribution in [0.3, 0.4) is 0 Å². The Hall–Kier alpha value is -1.32. The lowest BCUT2D eigenvalue weighted by atomic mass is 10.2. The minimum Gasteiger partial charge on any atom is -0.436 e. The lowest BCUT2D eigenvalue weighted by Crippen LogP contribution is -1.97. The maximum Gasteiger partial charge on any atom is 0.238 e. The Morgan fingerprint density at radius 2 is 2.11 bits per heavy atom. The third-order valence-electron chi connectivity index (χ3n) is 2.63. The molecule has 0 unspecified atom stereocenters. The molecule has 0 saturated heterocycles. The Labute approximate surface area is 122 Å². The van der Waals surface area contributed by atoms with E-state index in [1.165, 1.54) is 0 Å². The third kappa shape index (κ3) is 3.37. The predicted octanol–water partition coefficient (Wildman–Crippen LogP) is 4.53. The van der Waals surface area contributed by atoms with Crippen molar-refractivity contribution in [1.82, 2.24) is 9.97 Å². The van der Waals surface area contributed by atoms with Gasteiger partial charge in [0.15, 0.2) is 5.75 Å². The number of hydrogen-bond acceptors (Lipinski definition) is 3. The van der Waals surface area contributed by atoms with Crippen LogP contribution in [-0.2, 0) is 12.3 Å². The Bertz CT molecular complexity index is 588. The fourth-order valence-corrected chi connectivity index (χ4v) is 2.03. The van der Waals surface area contributed by atoms with Gasteiger partial charge in [-0.2, -0.15) is 0 Å². The van der Waals surface area contributed by atoms with Crippen molar-refractivity contribution in [2.45, 2.75) is 26.1 Å². The summed E-state index contributed by atoms with van der Waals surface area (Å²) in [5, 5.41) is 0.445. The summed E-state index contributed by atoms with van der Waals surface area (Å²) >= 11 is 11.8. The van der Waals surface area contributed by atoms with Gasteiger partial charge in [-0.1, -0.05) is 18.5 Å². The number of aromatic nitrogens is 2. The number of alkyl halides is 1. The van der Waals surface area contributed by atoms with Crippen LogP contribution in [0.1, 0.15) is 23.9 Å². The SMILES string of the molecule is CCc1nc(C)ccc1Oc1ncc(CCl)cc1Cl. The molecule has 0 aromatic carbocycles. The van der Waals surface area contributed by atoms with Gasteiger partial charge in [-0.05, 0) is 37.1 Å². The zero-order chi connectivity index (χ0) is 13.8. The molecule has 5 heteroatoms. The van der Waals surface area contributed by atoms with Crippen LogP contribution in [0.25, 0.3) is 0 Å². The molecule has 0 bridgehead atoms. The largest absolute Gasteiger partial charge is 0.436 e. The lowest BCUT2D eigenvalue weighted by molar-refractivity contribution is 0.454. The van der Waals surface area contributed by atoms with Crippen LogP contribution < -0.4 is 4.74 Å². The highest BCUT2D eigenvalue weighted by molar-refractivity contribution is 6.32. The first-order valence-corrected chi connectivity index (χ1v) is 6.90. The molecule has 0 atom stereocenters. The summed E-state index contributed by atoms with van der Waals surface area (Å²) in [6, 6.07) is 5.54. The van der Waals surface area contributed by atoms with E-state index in [4.69, 9.17) is 27.9 Å². The van der Waals surface area contributed by atoms with E-state index >= 15 is 0 Å². The first kappa shape index (κ1) is 14.1. The van der Waals surface area contributed by atoms with E-state index < -0.39 is 0 Å². The second-order valence-corrected chi connectivity index (χ2v) is 4.79. The van der Waals surface area contributed by atoms with E-state index in [1.54, 1.807) is 12.3 Å². The van der Waals surface area contributed by atoms with Gasteiger partial charge in [0.2, 0.25) is 5.88 Å². The number of nitrogens with zero attached hydrogens (tertiary/aromatic N) is 2. The molecule has 100 valence electrons. The van der Waals surface area contributed by atoms with Crippen molar-refractivity contribution in [1.29, 1.82) is 0 Å². The highest BCUT2D eigenvalue weighted by atomic mass is 35.5. The quantitative estimate of drug-likeness (QED) is 0.778. The fourth-order valence-electron chi connectivity index (χ4n) is 1.66. The van der Waals surface area contributed by atoms with Gasteiger partial charge in [0, 0.05) is 17.8 Å². The second kappa shape index (κ2) is 6.22. The van der Waals surface area contributed by atoms with Crippen molar-refractivity contribution >= 4 is 23.2 Å². The molecule has 0 saturated carbocycles. The molecule has 0 radical (unpaired) electrons. The molecule has 0 fully saturated rings. The Kier molecular flexibility index (Phi) is 4.61. The minimum atomic E-state index is 0.371. The molecular weight excluding hydrogens is 283 g/mol. The number of pyridine rings is 2. The molecule has 19 heavy (non-hydrogen) atoms. The van der Waals surface area contributed by atoms with Crippen molar-refractivity contribution in [3.05, 3.63) is 46.4 Å². The number of ether oxygens (including phenoxy) is 1. The first-order chi connectivity index (χ1) is 9.13. The van der Waals surface area contributed by atoms with E-state index in [2.05, 4.69) is 9.97 Å². The third-order valence-corrected chi connectivity index (χ3v) is 3.21. The van der Waals surface area contributed by atoms with Gasteiger partial charge in [0.1, 0.15) is 5.02 Å². The monoisotopic (exact) mass is 296 g/mol. The van der Waals surface area contributed by atoms with Crippen LogP contribution >= 0.6 is 23.2 Å². The molecule has 2 aromatic heterocycles. The molecule has 3 nitrogen and oxygen atoms in total. The van der Waals surface area contributed by atoms with Gasteiger partial charge in [-0.15, -0.1) is 11.6 Å². The Balaban J connectivity index is 2.31. The van der Waals surface area contributed by atoms with Gasteiger partial charge in [-0.25, -0.2) is 4.98 Å². The van der Waals surface area contributed by atoms with Crippen LogP contribution in [-0.4, -0.2) is 9.97 Å². The Morgan fingerprint density at radius 3 is 2.74 bits per heavy atom. The number of aryl methyl sites for hydroxylation is 2. The van der Waals surface area contributed by atoms with Gasteiger partial charge in [0.25, 0.3) is 0 Å². The molecule has 0 aliphatic rings. The topological polar surface area (TPSA) is 35.0 Å². The van der Waals surface area contributed by atoms with Crippen molar-refractivity contribution in [3.8, 4) is 11.6 Å². The van der Waals surface area contributed by atoms with Crippen LogP contribution in [0, 0.1) is 6.92 Å². The zero-order valence-electron chi connectivity index (χ0n) is 10.8. The van der Waals surface area contributed by atoms with Gasteiger partial charge in [0.05, 0.1) is 5.69 Å². The molecule has 0 aliphatic heterocycles. The van der Waals surface area contributed by atoms with E-state index in [-0.39, 0.29) is 0 Å². The highest BCUT2D eigenvalue weighted by Crippen LogP contribution is 2.29. The van der Waals surface area contributed by atoms with Gasteiger partial charge >= 0.3 is 0 Å². The van der Waals surface area contributed by atoms with Crippen molar-refractivity contribution < 1.29 is 4.74 Å². The van der Waals surface area contributed by atoms with Gasteiger partial charge < -0.3 is 4.74 Å². The fraction of sp³-hybridized carbons (Fsp3) is 0.286. The predicted molar refractivity (Wildman–Crippen MR) is 77.2 cm³/mol. The van der Waals surface area contributed by atoms with Crippen LogP contribution in [0.2, 0.25) is 5.02 Å². The summed E-state index contributed by atoms with van der Waals surface area (Å²) in [6.45, 7) is 3.98. The summed E-state index contributed by atoms with van der Waals surface area (Å²) in [5.41, 5.74) is 2.71. The molecule has 0 amide bonds. The van der Waals surface area contributed by atoms with Crippen LogP contribution in [0.15, 0.2) is 24.4 Å².